The SMILES string of the molecule is COc1ccc(C(=O)CCCC(=O)N2Cc3ccccc3CC2C(=O)O)cc1. The van der Waals surface area contributed by atoms with Crippen LogP contribution in [-0.2, 0) is 22.6 Å². The smallest absolute Gasteiger partial charge is 0.326 e. The maximum absolute atomic E-state index is 12.7. The summed E-state index contributed by atoms with van der Waals surface area (Å²) in [5, 5.41) is 9.53. The van der Waals surface area contributed by atoms with Crippen LogP contribution in [0.1, 0.15) is 40.7 Å². The van der Waals surface area contributed by atoms with E-state index in [-0.39, 0.29) is 24.5 Å². The number of ketones is 1. The molecule has 2 aromatic rings. The second kappa shape index (κ2) is 8.69. The third-order valence-corrected chi connectivity index (χ3v) is 5.06. The molecule has 0 saturated heterocycles. The number of rotatable bonds is 7. The van der Waals surface area contributed by atoms with Crippen molar-refractivity contribution in [1.82, 2.24) is 4.90 Å². The van der Waals surface area contributed by atoms with E-state index in [1.54, 1.807) is 31.4 Å². The van der Waals surface area contributed by atoms with E-state index in [1.807, 2.05) is 24.3 Å². The number of carboxylic acid groups (broad SMARTS) is 1. The van der Waals surface area contributed by atoms with Crippen molar-refractivity contribution in [3.8, 4) is 5.75 Å². The molecule has 3 rings (SSSR count). The number of aliphatic carboxylic acids is 1. The van der Waals surface area contributed by atoms with E-state index in [0.717, 1.165) is 11.1 Å². The lowest BCUT2D eigenvalue weighted by atomic mass is 9.93. The maximum Gasteiger partial charge on any atom is 0.326 e. The first-order valence-electron chi connectivity index (χ1n) is 9.26. The molecule has 2 aromatic carbocycles. The summed E-state index contributed by atoms with van der Waals surface area (Å²) in [7, 11) is 1.56. The Hall–Kier alpha value is -3.15. The highest BCUT2D eigenvalue weighted by Crippen LogP contribution is 2.24. The normalized spacial score (nSPS) is 15.6. The van der Waals surface area contributed by atoms with Crippen LogP contribution in [0.5, 0.6) is 5.75 Å². The fourth-order valence-corrected chi connectivity index (χ4v) is 3.47. The lowest BCUT2D eigenvalue weighted by Crippen LogP contribution is -2.48. The Bertz CT molecular complexity index is 875. The molecule has 28 heavy (non-hydrogen) atoms. The van der Waals surface area contributed by atoms with Crippen LogP contribution in [0, 0.1) is 0 Å². The minimum Gasteiger partial charge on any atom is -0.497 e. The van der Waals surface area contributed by atoms with Gasteiger partial charge in [0, 0.05) is 31.4 Å². The Kier molecular flexibility index (Phi) is 6.09. The van der Waals surface area contributed by atoms with Crippen molar-refractivity contribution in [2.45, 2.75) is 38.3 Å². The number of carbonyl (C=O) groups excluding carboxylic acids is 2. The second-order valence-corrected chi connectivity index (χ2v) is 6.85. The van der Waals surface area contributed by atoms with Crippen LogP contribution in [0.2, 0.25) is 0 Å². The number of ether oxygens (including phenoxy) is 1. The highest BCUT2D eigenvalue weighted by Gasteiger charge is 2.34. The van der Waals surface area contributed by atoms with E-state index in [9.17, 15) is 19.5 Å². The Labute approximate surface area is 163 Å². The largest absolute Gasteiger partial charge is 0.497 e. The third kappa shape index (κ3) is 4.39. The molecule has 0 fully saturated rings. The van der Waals surface area contributed by atoms with Crippen LogP contribution in [-0.4, -0.2) is 40.8 Å². The Balaban J connectivity index is 1.58. The monoisotopic (exact) mass is 381 g/mol. The number of hydrogen-bond donors (Lipinski definition) is 1. The van der Waals surface area contributed by atoms with Gasteiger partial charge in [0.1, 0.15) is 11.8 Å². The third-order valence-electron chi connectivity index (χ3n) is 5.06. The van der Waals surface area contributed by atoms with Crippen molar-refractivity contribution in [3.63, 3.8) is 0 Å². The number of hydrogen-bond acceptors (Lipinski definition) is 4. The van der Waals surface area contributed by atoms with Gasteiger partial charge in [0.05, 0.1) is 7.11 Å². The van der Waals surface area contributed by atoms with E-state index in [0.29, 0.717) is 30.7 Å². The topological polar surface area (TPSA) is 83.9 Å². The molecule has 6 heteroatoms. The molecule has 1 N–H and O–H groups in total. The van der Waals surface area contributed by atoms with Crippen LogP contribution in [0.25, 0.3) is 0 Å². The molecular formula is C22H23NO5. The Morgan fingerprint density at radius 2 is 1.71 bits per heavy atom. The molecule has 1 atom stereocenters. The summed E-state index contributed by atoms with van der Waals surface area (Å²) in [6, 6.07) is 13.6. The first kappa shape index (κ1) is 19.6. The Morgan fingerprint density at radius 3 is 2.36 bits per heavy atom. The molecule has 1 aliphatic heterocycles. The quantitative estimate of drug-likeness (QED) is 0.745. The zero-order valence-electron chi connectivity index (χ0n) is 15.8. The number of carboxylic acids is 1. The van der Waals surface area contributed by atoms with Crippen molar-refractivity contribution in [3.05, 3.63) is 65.2 Å². The molecular weight excluding hydrogens is 358 g/mol. The minimum absolute atomic E-state index is 0.0470. The molecule has 1 heterocycles. The molecule has 0 spiro atoms. The molecule has 1 amide bonds. The maximum atomic E-state index is 12.7. The fraction of sp³-hybridized carbons (Fsp3) is 0.318. The standard InChI is InChI=1S/C22H23NO5/c1-28-18-11-9-15(10-12-18)20(24)7-4-8-21(25)23-14-17-6-3-2-5-16(17)13-19(23)22(26)27/h2-3,5-6,9-12,19H,4,7-8,13-14H2,1H3,(H,26,27). The number of methoxy groups -OCH3 is 1. The van der Waals surface area contributed by atoms with Crippen LogP contribution in [0.15, 0.2) is 48.5 Å². The van der Waals surface area contributed by atoms with Crippen molar-refractivity contribution >= 4 is 17.7 Å². The van der Waals surface area contributed by atoms with Crippen molar-refractivity contribution in [1.29, 1.82) is 0 Å². The number of Topliss-reactive ketones (excluding diaryl/α,β-unsaturated/α-hetero) is 1. The molecule has 0 bridgehead atoms. The van der Waals surface area contributed by atoms with E-state index >= 15 is 0 Å². The predicted octanol–water partition coefficient (Wildman–Crippen LogP) is 3.09. The average molecular weight is 381 g/mol. The zero-order valence-corrected chi connectivity index (χ0v) is 15.8. The zero-order chi connectivity index (χ0) is 20.1. The van der Waals surface area contributed by atoms with Gasteiger partial charge in [0.15, 0.2) is 5.78 Å². The van der Waals surface area contributed by atoms with Gasteiger partial charge in [-0.1, -0.05) is 24.3 Å². The van der Waals surface area contributed by atoms with Crippen molar-refractivity contribution < 1.29 is 24.2 Å². The van der Waals surface area contributed by atoms with Gasteiger partial charge in [-0.15, -0.1) is 0 Å². The van der Waals surface area contributed by atoms with Crippen LogP contribution >= 0.6 is 0 Å². The molecule has 0 aliphatic carbocycles. The summed E-state index contributed by atoms with van der Waals surface area (Å²) in [5.74, 6) is -0.604. The van der Waals surface area contributed by atoms with Gasteiger partial charge in [-0.2, -0.15) is 0 Å². The average Bonchev–Trinajstić information content (AvgIpc) is 2.72. The summed E-state index contributed by atoms with van der Waals surface area (Å²) < 4.78 is 5.07. The van der Waals surface area contributed by atoms with Crippen LogP contribution < -0.4 is 4.74 Å². The molecule has 146 valence electrons. The van der Waals surface area contributed by atoms with Gasteiger partial charge in [-0.05, 0) is 41.8 Å². The lowest BCUT2D eigenvalue weighted by Gasteiger charge is -2.34. The van der Waals surface area contributed by atoms with Gasteiger partial charge in [0.2, 0.25) is 5.91 Å². The predicted molar refractivity (Wildman–Crippen MR) is 103 cm³/mol. The molecule has 0 aromatic heterocycles. The summed E-state index contributed by atoms with van der Waals surface area (Å²) in [6.45, 7) is 0.290. The molecule has 1 unspecified atom stereocenters. The number of nitrogens with zero attached hydrogens (tertiary/aromatic N) is 1. The van der Waals surface area contributed by atoms with Gasteiger partial charge in [-0.25, -0.2) is 4.79 Å². The lowest BCUT2D eigenvalue weighted by molar-refractivity contribution is -0.151. The van der Waals surface area contributed by atoms with Crippen molar-refractivity contribution in [2.24, 2.45) is 0 Å². The van der Waals surface area contributed by atoms with E-state index in [1.165, 1.54) is 4.90 Å². The summed E-state index contributed by atoms with van der Waals surface area (Å²) >= 11 is 0. The number of fused-ring (bicyclic) bond motifs is 1. The van der Waals surface area contributed by atoms with Gasteiger partial charge in [-0.3, -0.25) is 9.59 Å². The highest BCUT2D eigenvalue weighted by molar-refractivity contribution is 5.96. The van der Waals surface area contributed by atoms with Gasteiger partial charge >= 0.3 is 5.97 Å². The Morgan fingerprint density at radius 1 is 1.04 bits per heavy atom. The minimum atomic E-state index is -1.00. The summed E-state index contributed by atoms with van der Waals surface area (Å²) in [4.78, 5) is 38.0. The van der Waals surface area contributed by atoms with Crippen LogP contribution in [0.3, 0.4) is 0 Å². The summed E-state index contributed by atoms with van der Waals surface area (Å²) in [5.41, 5.74) is 2.51. The number of benzene rings is 2. The highest BCUT2D eigenvalue weighted by atomic mass is 16.5. The van der Waals surface area contributed by atoms with Crippen molar-refractivity contribution in [2.75, 3.05) is 7.11 Å². The number of amides is 1. The molecule has 1 aliphatic rings. The molecule has 0 radical (unpaired) electrons. The van der Waals surface area contributed by atoms with E-state index in [4.69, 9.17) is 4.74 Å². The van der Waals surface area contributed by atoms with Crippen LogP contribution in [0.4, 0.5) is 0 Å². The van der Waals surface area contributed by atoms with Gasteiger partial charge < -0.3 is 14.7 Å². The van der Waals surface area contributed by atoms with Gasteiger partial charge in [0.25, 0.3) is 0 Å². The summed E-state index contributed by atoms with van der Waals surface area (Å²) in [6.07, 6.45) is 1.07. The fourth-order valence-electron chi connectivity index (χ4n) is 3.47. The first-order valence-corrected chi connectivity index (χ1v) is 9.26. The second-order valence-electron chi connectivity index (χ2n) is 6.85. The van der Waals surface area contributed by atoms with E-state index < -0.39 is 12.0 Å². The van der Waals surface area contributed by atoms with E-state index in [2.05, 4.69) is 0 Å². The molecule has 6 nitrogen and oxygen atoms in total. The molecule has 0 saturated carbocycles. The number of carbonyl (C=O) groups is 3. The first-order chi connectivity index (χ1) is 13.5.